The Bertz CT molecular complexity index is 116. The fourth-order valence-electron chi connectivity index (χ4n) is 1.04. The van der Waals surface area contributed by atoms with Crippen molar-refractivity contribution in [3.8, 4) is 0 Å². The molecule has 0 bridgehead atoms. The largest absolute Gasteiger partial charge is 0.396 e. The summed E-state index contributed by atoms with van der Waals surface area (Å²) >= 11 is 0. The van der Waals surface area contributed by atoms with Gasteiger partial charge in [-0.3, -0.25) is 0 Å². The van der Waals surface area contributed by atoms with E-state index < -0.39 is 0 Å². The Morgan fingerprint density at radius 3 is 2.42 bits per heavy atom. The lowest BCUT2D eigenvalue weighted by atomic mass is 10.0. The second-order valence-corrected chi connectivity index (χ2v) is 3.89. The van der Waals surface area contributed by atoms with Crippen LogP contribution in [0.5, 0.6) is 0 Å². The molecule has 0 rings (SSSR count). The minimum absolute atomic E-state index is 0.327. The molecule has 12 heavy (non-hydrogen) atoms. The maximum Gasteiger partial charge on any atom is 0.0456 e. The van der Waals surface area contributed by atoms with E-state index in [4.69, 9.17) is 5.11 Å². The third-order valence-electron chi connectivity index (χ3n) is 1.90. The molecule has 0 radical (unpaired) electrons. The number of aliphatic hydroxyl groups is 1. The first kappa shape index (κ1) is 11.7. The second-order valence-electron chi connectivity index (χ2n) is 3.89. The van der Waals surface area contributed by atoms with Crippen LogP contribution in [0.15, 0.2) is 12.2 Å². The van der Waals surface area contributed by atoms with Gasteiger partial charge in [0.25, 0.3) is 0 Å². The number of allylic oxidation sites excluding steroid dienone is 2. The minimum atomic E-state index is 0.327. The molecule has 0 saturated heterocycles. The number of unbranched alkanes of at least 4 members (excludes halogenated alkanes) is 1. The summed E-state index contributed by atoms with van der Waals surface area (Å²) in [6, 6.07) is 0. The van der Waals surface area contributed by atoms with E-state index in [1.54, 1.807) is 0 Å². The average Bonchev–Trinajstić information content (AvgIpc) is 2.03. The van der Waals surface area contributed by atoms with Crippen molar-refractivity contribution in [1.29, 1.82) is 0 Å². The summed E-state index contributed by atoms with van der Waals surface area (Å²) in [4.78, 5) is 0. The van der Waals surface area contributed by atoms with Crippen LogP contribution in [0.25, 0.3) is 0 Å². The highest BCUT2D eigenvalue weighted by Crippen LogP contribution is 2.07. The quantitative estimate of drug-likeness (QED) is 0.480. The van der Waals surface area contributed by atoms with Gasteiger partial charge in [0.15, 0.2) is 0 Å². The Hall–Kier alpha value is -0.300. The highest BCUT2D eigenvalue weighted by molar-refractivity contribution is 4.84. The minimum Gasteiger partial charge on any atom is -0.396 e. The van der Waals surface area contributed by atoms with Crippen LogP contribution in [-0.4, -0.2) is 11.7 Å². The molecule has 0 aliphatic rings. The first-order chi connectivity index (χ1) is 5.66. The van der Waals surface area contributed by atoms with E-state index in [0.29, 0.717) is 18.4 Å². The molecule has 0 amide bonds. The van der Waals surface area contributed by atoms with Gasteiger partial charge in [0.1, 0.15) is 0 Å². The molecule has 0 aliphatic carbocycles. The van der Waals surface area contributed by atoms with Crippen molar-refractivity contribution in [3.63, 3.8) is 0 Å². The van der Waals surface area contributed by atoms with Crippen molar-refractivity contribution >= 4 is 0 Å². The van der Waals surface area contributed by atoms with E-state index in [1.165, 1.54) is 6.42 Å². The average molecular weight is 170 g/mol. The third kappa shape index (κ3) is 7.80. The summed E-state index contributed by atoms with van der Waals surface area (Å²) in [5.41, 5.74) is 0. The van der Waals surface area contributed by atoms with E-state index in [-0.39, 0.29) is 0 Å². The molecule has 72 valence electrons. The maximum absolute atomic E-state index is 8.76. The maximum atomic E-state index is 8.76. The molecule has 0 saturated carbocycles. The molecule has 0 aliphatic heterocycles. The predicted octanol–water partition coefficient (Wildman–Crippen LogP) is 3.00. The topological polar surface area (TPSA) is 20.2 Å². The summed E-state index contributed by atoms with van der Waals surface area (Å²) in [5.74, 6) is 1.14. The lowest BCUT2D eigenvalue weighted by molar-refractivity contribution is 0.228. The van der Waals surface area contributed by atoms with Gasteiger partial charge in [0.2, 0.25) is 0 Å². The molecule has 0 spiro atoms. The fourth-order valence-corrected chi connectivity index (χ4v) is 1.04. The van der Waals surface area contributed by atoms with Crippen LogP contribution in [0.3, 0.4) is 0 Å². The van der Waals surface area contributed by atoms with E-state index in [2.05, 4.69) is 32.9 Å². The van der Waals surface area contributed by atoms with Crippen LogP contribution in [-0.2, 0) is 0 Å². The Morgan fingerprint density at radius 2 is 1.92 bits per heavy atom. The first-order valence-electron chi connectivity index (χ1n) is 4.94. The number of rotatable bonds is 6. The van der Waals surface area contributed by atoms with Crippen LogP contribution in [0.1, 0.15) is 40.0 Å². The molecule has 0 unspecified atom stereocenters. The zero-order valence-electron chi connectivity index (χ0n) is 8.59. The van der Waals surface area contributed by atoms with E-state index >= 15 is 0 Å². The number of hydrogen-bond donors (Lipinski definition) is 1. The van der Waals surface area contributed by atoms with Gasteiger partial charge in [0, 0.05) is 6.61 Å². The molecule has 1 nitrogen and oxygen atoms in total. The van der Waals surface area contributed by atoms with Gasteiger partial charge in [-0.1, -0.05) is 32.9 Å². The number of hydrogen-bond acceptors (Lipinski definition) is 1. The van der Waals surface area contributed by atoms with E-state index in [9.17, 15) is 0 Å². The zero-order chi connectivity index (χ0) is 9.40. The first-order valence-corrected chi connectivity index (χ1v) is 4.94. The standard InChI is InChI=1S/C11H22O/c1-10(2)7-5-4-6-8-11(3)9-12/h5,7,10-12H,4,6,8-9H2,1-3H3/b7-5+/t11-/m1/s1. The van der Waals surface area contributed by atoms with Crippen molar-refractivity contribution in [1.82, 2.24) is 0 Å². The molecule has 1 N–H and O–H groups in total. The number of aliphatic hydroxyl groups excluding tert-OH is 1. The molecule has 1 atom stereocenters. The molecule has 0 fully saturated rings. The zero-order valence-corrected chi connectivity index (χ0v) is 8.59. The van der Waals surface area contributed by atoms with Crippen molar-refractivity contribution in [3.05, 3.63) is 12.2 Å². The van der Waals surface area contributed by atoms with Crippen LogP contribution < -0.4 is 0 Å². The second kappa shape index (κ2) is 7.35. The predicted molar refractivity (Wildman–Crippen MR) is 54.1 cm³/mol. The van der Waals surface area contributed by atoms with Gasteiger partial charge in [0.05, 0.1) is 0 Å². The lowest BCUT2D eigenvalue weighted by Gasteiger charge is -2.04. The highest BCUT2D eigenvalue weighted by atomic mass is 16.3. The summed E-state index contributed by atoms with van der Waals surface area (Å²) in [7, 11) is 0. The Kier molecular flexibility index (Phi) is 7.17. The van der Waals surface area contributed by atoms with Crippen molar-refractivity contribution in [2.24, 2.45) is 11.8 Å². The molecule has 0 aromatic heterocycles. The van der Waals surface area contributed by atoms with Gasteiger partial charge in [-0.05, 0) is 31.1 Å². The molecule has 0 aromatic carbocycles. The molecule has 0 heterocycles. The van der Waals surface area contributed by atoms with Gasteiger partial charge in [-0.15, -0.1) is 0 Å². The van der Waals surface area contributed by atoms with Crippen LogP contribution in [0, 0.1) is 11.8 Å². The lowest BCUT2D eigenvalue weighted by Crippen LogP contribution is -1.99. The monoisotopic (exact) mass is 170 g/mol. The SMILES string of the molecule is CC(C)/C=C/CCC[C@@H](C)CO. The Labute approximate surface area is 76.5 Å². The van der Waals surface area contributed by atoms with E-state index in [0.717, 1.165) is 12.8 Å². The molecule has 0 aromatic rings. The Balaban J connectivity index is 3.21. The smallest absolute Gasteiger partial charge is 0.0456 e. The fraction of sp³-hybridized carbons (Fsp3) is 0.818. The summed E-state index contributed by atoms with van der Waals surface area (Å²) in [6.45, 7) is 6.79. The third-order valence-corrected chi connectivity index (χ3v) is 1.90. The van der Waals surface area contributed by atoms with Gasteiger partial charge >= 0.3 is 0 Å². The van der Waals surface area contributed by atoms with Crippen LogP contribution in [0.4, 0.5) is 0 Å². The normalized spacial score (nSPS) is 14.4. The van der Waals surface area contributed by atoms with Crippen molar-refractivity contribution < 1.29 is 5.11 Å². The van der Waals surface area contributed by atoms with Gasteiger partial charge in [-0.25, -0.2) is 0 Å². The van der Waals surface area contributed by atoms with Crippen LogP contribution in [0.2, 0.25) is 0 Å². The van der Waals surface area contributed by atoms with Gasteiger partial charge < -0.3 is 5.11 Å². The van der Waals surface area contributed by atoms with Gasteiger partial charge in [-0.2, -0.15) is 0 Å². The van der Waals surface area contributed by atoms with Crippen molar-refractivity contribution in [2.45, 2.75) is 40.0 Å². The molecular formula is C11H22O. The van der Waals surface area contributed by atoms with E-state index in [1.807, 2.05) is 0 Å². The summed E-state index contributed by atoms with van der Waals surface area (Å²) in [5, 5.41) is 8.76. The van der Waals surface area contributed by atoms with Crippen molar-refractivity contribution in [2.75, 3.05) is 6.61 Å². The Morgan fingerprint density at radius 1 is 1.25 bits per heavy atom. The summed E-state index contributed by atoms with van der Waals surface area (Å²) < 4.78 is 0. The summed E-state index contributed by atoms with van der Waals surface area (Å²) in [6.07, 6.45) is 7.98. The highest BCUT2D eigenvalue weighted by Gasteiger charge is 1.97. The molecular weight excluding hydrogens is 148 g/mol. The molecule has 1 heteroatoms. The van der Waals surface area contributed by atoms with Crippen LogP contribution >= 0.6 is 0 Å².